The van der Waals surface area contributed by atoms with Gasteiger partial charge in [-0.15, -0.1) is 0 Å². The minimum absolute atomic E-state index is 0.201. The van der Waals surface area contributed by atoms with Gasteiger partial charge in [0.25, 0.3) is 5.91 Å². The van der Waals surface area contributed by atoms with Gasteiger partial charge in [-0.2, -0.15) is 0 Å². The molecule has 0 heterocycles. The van der Waals surface area contributed by atoms with E-state index < -0.39 is 27.4 Å². The Morgan fingerprint density at radius 2 is 1.56 bits per heavy atom. The highest BCUT2D eigenvalue weighted by Crippen LogP contribution is 2.20. The first-order chi connectivity index (χ1) is 15.3. The molecule has 0 saturated heterocycles. The summed E-state index contributed by atoms with van der Waals surface area (Å²) in [7, 11) is -2.18. The number of hydrogen-bond donors (Lipinski definition) is 2. The number of hydrogen-bond acceptors (Lipinski definition) is 5. The van der Waals surface area contributed by atoms with Crippen LogP contribution in [0.3, 0.4) is 0 Å². The normalized spacial score (nSPS) is 10.9. The van der Waals surface area contributed by atoms with Gasteiger partial charge in [0.05, 0.1) is 24.1 Å². The molecule has 0 saturated carbocycles. The highest BCUT2D eigenvalue weighted by molar-refractivity contribution is 7.91. The number of anilines is 2. The number of nitrogens with one attached hydrogen (secondary N) is 2. The van der Waals surface area contributed by atoms with Crippen LogP contribution in [0.1, 0.15) is 15.9 Å². The van der Waals surface area contributed by atoms with Gasteiger partial charge < -0.3 is 15.4 Å². The fourth-order valence-electron chi connectivity index (χ4n) is 2.93. The van der Waals surface area contributed by atoms with Gasteiger partial charge in [0, 0.05) is 10.7 Å². The van der Waals surface area contributed by atoms with Gasteiger partial charge in [-0.3, -0.25) is 9.59 Å². The van der Waals surface area contributed by atoms with Crippen molar-refractivity contribution in [1.29, 1.82) is 0 Å². The molecule has 0 bridgehead atoms. The number of ether oxygens (including phenoxy) is 1. The van der Waals surface area contributed by atoms with Crippen molar-refractivity contribution >= 4 is 44.6 Å². The van der Waals surface area contributed by atoms with Crippen molar-refractivity contribution in [1.82, 2.24) is 0 Å². The van der Waals surface area contributed by atoms with Crippen molar-refractivity contribution in [3.8, 4) is 5.75 Å². The second-order valence-corrected chi connectivity index (χ2v) is 9.44. The molecular weight excluding hydrogens is 452 g/mol. The Hall–Kier alpha value is -3.36. The van der Waals surface area contributed by atoms with E-state index in [4.69, 9.17) is 16.3 Å². The number of benzene rings is 3. The summed E-state index contributed by atoms with van der Waals surface area (Å²) in [5.41, 5.74) is 1.49. The molecule has 2 N–H and O–H groups in total. The van der Waals surface area contributed by atoms with E-state index in [1.165, 1.54) is 12.1 Å². The summed E-state index contributed by atoms with van der Waals surface area (Å²) in [6, 6.07) is 19.5. The molecule has 7 nitrogen and oxygen atoms in total. The van der Waals surface area contributed by atoms with E-state index in [1.54, 1.807) is 67.8 Å². The number of sulfone groups is 1. The average molecular weight is 473 g/mol. The van der Waals surface area contributed by atoms with E-state index in [9.17, 15) is 18.0 Å². The van der Waals surface area contributed by atoms with Crippen LogP contribution in [0.5, 0.6) is 5.75 Å². The maximum absolute atomic E-state index is 12.7. The van der Waals surface area contributed by atoms with Crippen molar-refractivity contribution < 1.29 is 22.7 Å². The average Bonchev–Trinajstić information content (AvgIpc) is 2.75. The summed E-state index contributed by atoms with van der Waals surface area (Å²) >= 11 is 5.81. The highest BCUT2D eigenvalue weighted by Gasteiger charge is 2.20. The van der Waals surface area contributed by atoms with E-state index in [-0.39, 0.29) is 17.0 Å². The lowest BCUT2D eigenvalue weighted by molar-refractivity contribution is -0.113. The predicted molar refractivity (Wildman–Crippen MR) is 125 cm³/mol. The number of rotatable bonds is 8. The molecular formula is C23H21ClN2O5S. The summed E-state index contributed by atoms with van der Waals surface area (Å²) in [6.45, 7) is 0. The van der Waals surface area contributed by atoms with Crippen molar-refractivity contribution in [2.24, 2.45) is 0 Å². The Morgan fingerprint density at radius 1 is 0.906 bits per heavy atom. The number of carbonyl (C=O) groups excluding carboxylic acids is 2. The third-order valence-corrected chi connectivity index (χ3v) is 6.17. The lowest BCUT2D eigenvalue weighted by Gasteiger charge is -2.12. The van der Waals surface area contributed by atoms with E-state index in [1.807, 2.05) is 0 Å². The van der Waals surface area contributed by atoms with Crippen molar-refractivity contribution in [2.45, 2.75) is 5.75 Å². The monoisotopic (exact) mass is 472 g/mol. The van der Waals surface area contributed by atoms with Crippen LogP contribution in [0.25, 0.3) is 0 Å². The first-order valence-corrected chi connectivity index (χ1v) is 11.7. The van der Waals surface area contributed by atoms with E-state index >= 15 is 0 Å². The molecule has 0 aliphatic carbocycles. The van der Waals surface area contributed by atoms with Crippen molar-refractivity contribution in [2.75, 3.05) is 23.5 Å². The number of carbonyl (C=O) groups is 2. The zero-order valence-corrected chi connectivity index (χ0v) is 18.7. The van der Waals surface area contributed by atoms with E-state index in [0.717, 1.165) is 0 Å². The molecule has 0 radical (unpaired) electrons. The fraction of sp³-hybridized carbons (Fsp3) is 0.130. The Bertz CT molecular complexity index is 1210. The van der Waals surface area contributed by atoms with Gasteiger partial charge in [-0.1, -0.05) is 35.9 Å². The summed E-state index contributed by atoms with van der Waals surface area (Å²) in [5, 5.41) is 5.75. The standard InChI is InChI=1S/C23H21ClN2O5S/c1-31-19-12-10-18(11-13-19)25-23(28)20-4-2-3-5-21(20)26-22(27)15-32(29,30)14-16-6-8-17(24)9-7-16/h2-13H,14-15H2,1H3,(H,25,28)(H,26,27). The molecule has 0 fully saturated rings. The summed E-state index contributed by atoms with van der Waals surface area (Å²) in [6.07, 6.45) is 0. The van der Waals surface area contributed by atoms with Gasteiger partial charge in [0.1, 0.15) is 11.5 Å². The van der Waals surface area contributed by atoms with Gasteiger partial charge in [-0.25, -0.2) is 8.42 Å². The molecule has 32 heavy (non-hydrogen) atoms. The predicted octanol–water partition coefficient (Wildman–Crippen LogP) is 4.15. The van der Waals surface area contributed by atoms with Crippen LogP contribution >= 0.6 is 11.6 Å². The molecule has 3 aromatic rings. The minimum Gasteiger partial charge on any atom is -0.497 e. The molecule has 9 heteroatoms. The fourth-order valence-corrected chi connectivity index (χ4v) is 4.33. The Morgan fingerprint density at radius 3 is 2.22 bits per heavy atom. The maximum Gasteiger partial charge on any atom is 0.257 e. The largest absolute Gasteiger partial charge is 0.497 e. The van der Waals surface area contributed by atoms with E-state index in [2.05, 4.69) is 10.6 Å². The number of halogens is 1. The van der Waals surface area contributed by atoms with Crippen LogP contribution in [0.15, 0.2) is 72.8 Å². The van der Waals surface area contributed by atoms with Crippen molar-refractivity contribution in [3.05, 3.63) is 88.9 Å². The number of para-hydroxylation sites is 1. The number of amides is 2. The topological polar surface area (TPSA) is 102 Å². The lowest BCUT2D eigenvalue weighted by atomic mass is 10.1. The molecule has 0 aliphatic heterocycles. The molecule has 2 amide bonds. The zero-order valence-electron chi connectivity index (χ0n) is 17.2. The second kappa shape index (κ2) is 10.3. The van der Waals surface area contributed by atoms with Crippen LogP contribution in [-0.4, -0.2) is 33.1 Å². The molecule has 0 aromatic heterocycles. The summed E-state index contributed by atoms with van der Waals surface area (Å²) < 4.78 is 29.9. The van der Waals surface area contributed by atoms with Gasteiger partial charge in [0.15, 0.2) is 9.84 Å². The lowest BCUT2D eigenvalue weighted by Crippen LogP contribution is -2.25. The summed E-state index contributed by atoms with van der Waals surface area (Å²) in [5.74, 6) is -1.55. The molecule has 0 spiro atoms. The van der Waals surface area contributed by atoms with Crippen LogP contribution in [0, 0.1) is 0 Å². The Labute approximate surface area is 191 Å². The van der Waals surface area contributed by atoms with Crippen LogP contribution < -0.4 is 15.4 Å². The minimum atomic E-state index is -3.72. The smallest absolute Gasteiger partial charge is 0.257 e. The van der Waals surface area contributed by atoms with Crippen LogP contribution in [0.2, 0.25) is 5.02 Å². The first kappa shape index (κ1) is 23.3. The SMILES string of the molecule is COc1ccc(NC(=O)c2ccccc2NC(=O)CS(=O)(=O)Cc2ccc(Cl)cc2)cc1. The van der Waals surface area contributed by atoms with Crippen molar-refractivity contribution in [3.63, 3.8) is 0 Å². The van der Waals surface area contributed by atoms with Crippen LogP contribution in [0.4, 0.5) is 11.4 Å². The van der Waals surface area contributed by atoms with E-state index in [0.29, 0.717) is 22.0 Å². The maximum atomic E-state index is 12.7. The Kier molecular flexibility index (Phi) is 7.50. The third-order valence-electron chi connectivity index (χ3n) is 4.44. The van der Waals surface area contributed by atoms with Gasteiger partial charge >= 0.3 is 0 Å². The number of methoxy groups -OCH3 is 1. The molecule has 3 aromatic carbocycles. The third kappa shape index (κ3) is 6.57. The molecule has 0 aliphatic rings. The molecule has 0 atom stereocenters. The molecule has 0 unspecified atom stereocenters. The first-order valence-electron chi connectivity index (χ1n) is 9.55. The molecule has 3 rings (SSSR count). The summed E-state index contributed by atoms with van der Waals surface area (Å²) in [4.78, 5) is 25.1. The highest BCUT2D eigenvalue weighted by atomic mass is 35.5. The quantitative estimate of drug-likeness (QED) is 0.512. The van der Waals surface area contributed by atoms with Gasteiger partial charge in [0.2, 0.25) is 5.91 Å². The molecule has 166 valence electrons. The van der Waals surface area contributed by atoms with Gasteiger partial charge in [-0.05, 0) is 54.1 Å². The van der Waals surface area contributed by atoms with Crippen LogP contribution in [-0.2, 0) is 20.4 Å². The Balaban J connectivity index is 1.67. The second-order valence-electron chi connectivity index (χ2n) is 6.94. The zero-order chi connectivity index (χ0) is 23.1.